The molecule has 0 radical (unpaired) electrons. The maximum absolute atomic E-state index is 8.87. The molecular weight excluding hydrogens is 266 g/mol. The lowest BCUT2D eigenvalue weighted by Gasteiger charge is -2.34. The molecule has 0 aliphatic carbocycles. The molecule has 19 heavy (non-hydrogen) atoms. The predicted molar refractivity (Wildman–Crippen MR) is 76.2 cm³/mol. The molecule has 1 aromatic rings. The van der Waals surface area contributed by atoms with Gasteiger partial charge in [0.05, 0.1) is 6.10 Å². The van der Waals surface area contributed by atoms with E-state index in [1.54, 1.807) is 19.2 Å². The second kappa shape index (κ2) is 6.12. The van der Waals surface area contributed by atoms with Crippen LogP contribution >= 0.6 is 11.6 Å². The minimum atomic E-state index is 0.0891. The van der Waals surface area contributed by atoms with Gasteiger partial charge in [-0.3, -0.25) is 0 Å². The van der Waals surface area contributed by atoms with Gasteiger partial charge in [-0.25, -0.2) is 0 Å². The molecule has 0 bridgehead atoms. The summed E-state index contributed by atoms with van der Waals surface area (Å²) in [5, 5.41) is 12.6. The quantitative estimate of drug-likeness (QED) is 0.385. The molecule has 1 saturated heterocycles. The summed E-state index contributed by atoms with van der Waals surface area (Å²) in [6, 6.07) is 5.34. The minimum Gasteiger partial charge on any atom is -0.409 e. The number of piperidine rings is 1. The highest BCUT2D eigenvalue weighted by Crippen LogP contribution is 2.28. The smallest absolute Gasteiger partial charge is 0.172 e. The highest BCUT2D eigenvalue weighted by molar-refractivity contribution is 6.31. The fraction of sp³-hybridized carbons (Fsp3) is 0.462. The zero-order valence-corrected chi connectivity index (χ0v) is 11.6. The van der Waals surface area contributed by atoms with Gasteiger partial charge >= 0.3 is 0 Å². The molecule has 1 aliphatic heterocycles. The highest BCUT2D eigenvalue weighted by Gasteiger charge is 2.22. The van der Waals surface area contributed by atoms with Crippen LogP contribution in [0.1, 0.15) is 18.4 Å². The molecule has 1 aliphatic rings. The van der Waals surface area contributed by atoms with E-state index in [-0.39, 0.29) is 11.9 Å². The number of nitrogens with zero attached hydrogens (tertiary/aromatic N) is 2. The maximum atomic E-state index is 8.87. The molecule has 1 fully saturated rings. The van der Waals surface area contributed by atoms with E-state index in [9.17, 15) is 0 Å². The van der Waals surface area contributed by atoms with Crippen molar-refractivity contribution >= 4 is 23.1 Å². The number of rotatable bonds is 3. The third-order valence-corrected chi connectivity index (χ3v) is 3.63. The normalized spacial score (nSPS) is 20.6. The maximum Gasteiger partial charge on any atom is 0.172 e. The Morgan fingerprint density at radius 1 is 1.58 bits per heavy atom. The summed E-state index contributed by atoms with van der Waals surface area (Å²) in [4.78, 5) is 2.16. The van der Waals surface area contributed by atoms with Gasteiger partial charge in [0.15, 0.2) is 5.84 Å². The van der Waals surface area contributed by atoms with Gasteiger partial charge in [-0.2, -0.15) is 0 Å². The Hall–Kier alpha value is -1.46. The van der Waals surface area contributed by atoms with Crippen molar-refractivity contribution in [2.24, 2.45) is 10.9 Å². The molecule has 0 amide bonds. The van der Waals surface area contributed by atoms with E-state index in [1.807, 2.05) is 6.07 Å². The van der Waals surface area contributed by atoms with Crippen LogP contribution < -0.4 is 10.6 Å². The Labute approximate surface area is 117 Å². The first kappa shape index (κ1) is 14.0. The number of anilines is 1. The van der Waals surface area contributed by atoms with Crippen LogP contribution in [0.3, 0.4) is 0 Å². The lowest BCUT2D eigenvalue weighted by atomic mass is 10.0. The number of benzene rings is 1. The van der Waals surface area contributed by atoms with Crippen LogP contribution in [-0.2, 0) is 4.74 Å². The van der Waals surface area contributed by atoms with Crippen molar-refractivity contribution in [1.29, 1.82) is 0 Å². The lowest BCUT2D eigenvalue weighted by molar-refractivity contribution is 0.0893. The summed E-state index contributed by atoms with van der Waals surface area (Å²) in [5.41, 5.74) is 7.28. The molecule has 1 heterocycles. The molecule has 104 valence electrons. The summed E-state index contributed by atoms with van der Waals surface area (Å²) in [5.74, 6) is 0.0891. The van der Waals surface area contributed by atoms with Crippen molar-refractivity contribution in [2.45, 2.75) is 18.9 Å². The van der Waals surface area contributed by atoms with Crippen LogP contribution in [-0.4, -0.2) is 37.3 Å². The fourth-order valence-electron chi connectivity index (χ4n) is 2.39. The van der Waals surface area contributed by atoms with Crippen molar-refractivity contribution in [3.63, 3.8) is 0 Å². The summed E-state index contributed by atoms with van der Waals surface area (Å²) >= 11 is 6.05. The van der Waals surface area contributed by atoms with Crippen molar-refractivity contribution in [2.75, 3.05) is 25.1 Å². The first-order chi connectivity index (χ1) is 9.15. The molecule has 0 aromatic heterocycles. The minimum absolute atomic E-state index is 0.0891. The van der Waals surface area contributed by atoms with E-state index in [0.717, 1.165) is 31.6 Å². The zero-order valence-electron chi connectivity index (χ0n) is 10.8. The van der Waals surface area contributed by atoms with Crippen LogP contribution in [0.15, 0.2) is 23.4 Å². The summed E-state index contributed by atoms with van der Waals surface area (Å²) in [7, 11) is 1.72. The Morgan fingerprint density at radius 3 is 3.05 bits per heavy atom. The van der Waals surface area contributed by atoms with Gasteiger partial charge in [0, 0.05) is 36.5 Å². The largest absolute Gasteiger partial charge is 0.409 e. The highest BCUT2D eigenvalue weighted by atomic mass is 35.5. The Bertz CT molecular complexity index is 479. The standard InChI is InChI=1S/C13H18ClN3O2/c1-19-10-3-2-6-17(8-10)12-7-9(14)4-5-11(12)13(15)16-18/h4-5,7,10,18H,2-3,6,8H2,1H3,(H2,15,16). The van der Waals surface area contributed by atoms with Gasteiger partial charge in [-0.15, -0.1) is 0 Å². The third-order valence-electron chi connectivity index (χ3n) is 3.40. The third kappa shape index (κ3) is 3.11. The van der Waals surface area contributed by atoms with Crippen LogP contribution in [0.4, 0.5) is 5.69 Å². The molecule has 0 saturated carbocycles. The first-order valence-electron chi connectivity index (χ1n) is 6.21. The van der Waals surface area contributed by atoms with Gasteiger partial charge in [-0.05, 0) is 31.0 Å². The Morgan fingerprint density at radius 2 is 2.37 bits per heavy atom. The van der Waals surface area contributed by atoms with Crippen LogP contribution in [0.2, 0.25) is 5.02 Å². The first-order valence-corrected chi connectivity index (χ1v) is 6.58. The summed E-state index contributed by atoms with van der Waals surface area (Å²) in [6.07, 6.45) is 2.29. The molecular formula is C13H18ClN3O2. The number of nitrogens with two attached hydrogens (primary N) is 1. The van der Waals surface area contributed by atoms with Crippen molar-refractivity contribution in [3.8, 4) is 0 Å². The van der Waals surface area contributed by atoms with E-state index in [2.05, 4.69) is 10.1 Å². The van der Waals surface area contributed by atoms with Crippen molar-refractivity contribution in [1.82, 2.24) is 0 Å². The predicted octanol–water partition coefficient (Wildman–Crippen LogP) is 2.05. The van der Waals surface area contributed by atoms with Crippen LogP contribution in [0.5, 0.6) is 0 Å². The van der Waals surface area contributed by atoms with Gasteiger partial charge in [0.1, 0.15) is 0 Å². The molecule has 1 atom stereocenters. The van der Waals surface area contributed by atoms with Crippen LogP contribution in [0, 0.1) is 0 Å². The van der Waals surface area contributed by atoms with E-state index >= 15 is 0 Å². The molecule has 1 aromatic carbocycles. The number of halogens is 1. The second-order valence-electron chi connectivity index (χ2n) is 4.59. The zero-order chi connectivity index (χ0) is 13.8. The topological polar surface area (TPSA) is 71.1 Å². The Balaban J connectivity index is 2.34. The molecule has 3 N–H and O–H groups in total. The second-order valence-corrected chi connectivity index (χ2v) is 5.03. The number of hydrogen-bond donors (Lipinski definition) is 2. The number of amidine groups is 1. The molecule has 6 heteroatoms. The average molecular weight is 284 g/mol. The van der Waals surface area contributed by atoms with Gasteiger partial charge in [-0.1, -0.05) is 16.8 Å². The average Bonchev–Trinajstić information content (AvgIpc) is 2.46. The number of oxime groups is 1. The number of ether oxygens (including phenoxy) is 1. The van der Waals surface area contributed by atoms with Gasteiger partial charge in [0.2, 0.25) is 0 Å². The van der Waals surface area contributed by atoms with Crippen molar-refractivity contribution in [3.05, 3.63) is 28.8 Å². The lowest BCUT2D eigenvalue weighted by Crippen LogP contribution is -2.40. The van der Waals surface area contributed by atoms with E-state index in [4.69, 9.17) is 27.3 Å². The summed E-state index contributed by atoms with van der Waals surface area (Å²) in [6.45, 7) is 1.69. The SMILES string of the molecule is COC1CCCN(c2cc(Cl)ccc2/C(N)=N/O)C1. The van der Waals surface area contributed by atoms with Gasteiger partial charge < -0.3 is 20.6 Å². The number of hydrogen-bond acceptors (Lipinski definition) is 4. The van der Waals surface area contributed by atoms with Gasteiger partial charge in [0.25, 0.3) is 0 Å². The molecule has 0 spiro atoms. The Kier molecular flexibility index (Phi) is 4.50. The van der Waals surface area contributed by atoms with E-state index in [0.29, 0.717) is 10.6 Å². The molecule has 5 nitrogen and oxygen atoms in total. The van der Waals surface area contributed by atoms with E-state index in [1.165, 1.54) is 0 Å². The number of methoxy groups -OCH3 is 1. The summed E-state index contributed by atoms with van der Waals surface area (Å²) < 4.78 is 5.41. The van der Waals surface area contributed by atoms with Crippen molar-refractivity contribution < 1.29 is 9.94 Å². The molecule has 1 unspecified atom stereocenters. The van der Waals surface area contributed by atoms with E-state index < -0.39 is 0 Å². The fourth-order valence-corrected chi connectivity index (χ4v) is 2.55. The molecule has 2 rings (SSSR count). The monoisotopic (exact) mass is 283 g/mol. The van der Waals surface area contributed by atoms with Crippen LogP contribution in [0.25, 0.3) is 0 Å².